The summed E-state index contributed by atoms with van der Waals surface area (Å²) in [6, 6.07) is 0.406. The van der Waals surface area contributed by atoms with Gasteiger partial charge in [-0.15, -0.1) is 0 Å². The van der Waals surface area contributed by atoms with Gasteiger partial charge in [0.1, 0.15) is 0 Å². The van der Waals surface area contributed by atoms with E-state index in [1.165, 1.54) is 12.8 Å². The van der Waals surface area contributed by atoms with Crippen molar-refractivity contribution in [3.05, 3.63) is 12.4 Å². The lowest BCUT2D eigenvalue weighted by Crippen LogP contribution is -2.00. The fourth-order valence-corrected chi connectivity index (χ4v) is 1.22. The van der Waals surface area contributed by atoms with Gasteiger partial charge < -0.3 is 4.74 Å². The lowest BCUT2D eigenvalue weighted by Gasteiger charge is -2.04. The van der Waals surface area contributed by atoms with Gasteiger partial charge >= 0.3 is 0 Å². The fraction of sp³-hybridized carbons (Fsp3) is 0.727. The minimum Gasteiger partial charge on any atom is -0.490 e. The van der Waals surface area contributed by atoms with E-state index in [-0.39, 0.29) is 0 Å². The molecule has 0 saturated heterocycles. The maximum absolute atomic E-state index is 5.56. The second-order valence-electron chi connectivity index (χ2n) is 3.81. The van der Waals surface area contributed by atoms with Gasteiger partial charge in [-0.3, -0.25) is 4.68 Å². The Labute approximate surface area is 86.1 Å². The van der Waals surface area contributed by atoms with Crippen LogP contribution < -0.4 is 4.74 Å². The first kappa shape index (κ1) is 11.1. The lowest BCUT2D eigenvalue weighted by atomic mass is 10.3. The number of aromatic nitrogens is 2. The first-order chi connectivity index (χ1) is 6.74. The molecule has 0 unspecified atom stereocenters. The van der Waals surface area contributed by atoms with Crippen molar-refractivity contribution in [3.63, 3.8) is 0 Å². The third-order valence-corrected chi connectivity index (χ3v) is 2.12. The van der Waals surface area contributed by atoms with Crippen molar-refractivity contribution in [1.29, 1.82) is 0 Å². The van der Waals surface area contributed by atoms with Crippen LogP contribution in [0.1, 0.15) is 46.1 Å². The number of nitrogens with zero attached hydrogens (tertiary/aromatic N) is 2. The summed E-state index contributed by atoms with van der Waals surface area (Å²) in [4.78, 5) is 0. The highest BCUT2D eigenvalue weighted by atomic mass is 16.5. The summed E-state index contributed by atoms with van der Waals surface area (Å²) < 4.78 is 7.47. The van der Waals surface area contributed by atoms with Gasteiger partial charge in [-0.2, -0.15) is 5.10 Å². The van der Waals surface area contributed by atoms with Crippen molar-refractivity contribution in [3.8, 4) is 5.75 Å². The molecule has 1 aromatic heterocycles. The van der Waals surface area contributed by atoms with Crippen molar-refractivity contribution < 1.29 is 4.74 Å². The summed E-state index contributed by atoms with van der Waals surface area (Å²) in [5, 5.41) is 4.21. The van der Waals surface area contributed by atoms with E-state index in [9.17, 15) is 0 Å². The molecule has 80 valence electrons. The molecule has 0 bridgehead atoms. The van der Waals surface area contributed by atoms with Crippen LogP contribution in [0.25, 0.3) is 0 Å². The molecule has 0 N–H and O–H groups in total. The summed E-state index contributed by atoms with van der Waals surface area (Å²) in [5.41, 5.74) is 0. The zero-order valence-corrected chi connectivity index (χ0v) is 9.36. The molecule has 3 heteroatoms. The summed E-state index contributed by atoms with van der Waals surface area (Å²) in [6.07, 6.45) is 7.33. The van der Waals surface area contributed by atoms with Crippen molar-refractivity contribution in [2.24, 2.45) is 0 Å². The van der Waals surface area contributed by atoms with Gasteiger partial charge in [-0.1, -0.05) is 19.8 Å². The average Bonchev–Trinajstić information content (AvgIpc) is 2.61. The van der Waals surface area contributed by atoms with Gasteiger partial charge in [0.2, 0.25) is 0 Å². The van der Waals surface area contributed by atoms with Gasteiger partial charge in [0, 0.05) is 6.04 Å². The molecule has 0 fully saturated rings. The third-order valence-electron chi connectivity index (χ3n) is 2.12. The third kappa shape index (κ3) is 3.40. The summed E-state index contributed by atoms with van der Waals surface area (Å²) in [6.45, 7) is 7.20. The van der Waals surface area contributed by atoms with E-state index in [1.54, 1.807) is 6.20 Å². The summed E-state index contributed by atoms with van der Waals surface area (Å²) >= 11 is 0. The van der Waals surface area contributed by atoms with Crippen LogP contribution in [-0.4, -0.2) is 16.4 Å². The zero-order chi connectivity index (χ0) is 10.4. The molecule has 0 amide bonds. The molecule has 0 radical (unpaired) electrons. The van der Waals surface area contributed by atoms with E-state index >= 15 is 0 Å². The minimum atomic E-state index is 0.406. The van der Waals surface area contributed by atoms with Crippen LogP contribution in [-0.2, 0) is 0 Å². The van der Waals surface area contributed by atoms with Gasteiger partial charge in [-0.05, 0) is 20.3 Å². The lowest BCUT2D eigenvalue weighted by molar-refractivity contribution is 0.305. The number of hydrogen-bond acceptors (Lipinski definition) is 2. The Balaban J connectivity index is 2.29. The van der Waals surface area contributed by atoms with Crippen LogP contribution in [0.2, 0.25) is 0 Å². The number of hydrogen-bond donors (Lipinski definition) is 0. The molecule has 0 aromatic carbocycles. The maximum atomic E-state index is 5.56. The van der Waals surface area contributed by atoms with Gasteiger partial charge in [0.25, 0.3) is 0 Å². The maximum Gasteiger partial charge on any atom is 0.157 e. The number of unbranched alkanes of at least 4 members (excludes halogenated alkanes) is 2. The fourth-order valence-electron chi connectivity index (χ4n) is 1.22. The molecule has 1 aromatic rings. The van der Waals surface area contributed by atoms with Crippen molar-refractivity contribution in [2.75, 3.05) is 6.61 Å². The molecular formula is C11H20N2O. The predicted octanol–water partition coefficient (Wildman–Crippen LogP) is 3.03. The van der Waals surface area contributed by atoms with E-state index in [1.807, 2.05) is 10.9 Å². The minimum absolute atomic E-state index is 0.406. The second kappa shape index (κ2) is 5.68. The quantitative estimate of drug-likeness (QED) is 0.654. The summed E-state index contributed by atoms with van der Waals surface area (Å²) in [7, 11) is 0. The number of rotatable bonds is 6. The van der Waals surface area contributed by atoms with Gasteiger partial charge in [0.05, 0.1) is 19.0 Å². The van der Waals surface area contributed by atoms with Gasteiger partial charge in [0.15, 0.2) is 5.75 Å². The first-order valence-corrected chi connectivity index (χ1v) is 5.41. The highest BCUT2D eigenvalue weighted by Gasteiger charge is 2.01. The van der Waals surface area contributed by atoms with E-state index in [4.69, 9.17) is 4.74 Å². The van der Waals surface area contributed by atoms with Gasteiger partial charge in [-0.25, -0.2) is 0 Å². The van der Waals surface area contributed by atoms with E-state index in [0.29, 0.717) is 6.04 Å². The van der Waals surface area contributed by atoms with Crippen LogP contribution in [0, 0.1) is 0 Å². The van der Waals surface area contributed by atoms with E-state index < -0.39 is 0 Å². The van der Waals surface area contributed by atoms with Crippen molar-refractivity contribution >= 4 is 0 Å². The molecule has 0 aliphatic heterocycles. The second-order valence-corrected chi connectivity index (χ2v) is 3.81. The predicted molar refractivity (Wildman–Crippen MR) is 57.6 cm³/mol. The SMILES string of the molecule is CCCCCOc1cnn(C(C)C)c1. The van der Waals surface area contributed by atoms with Crippen molar-refractivity contribution in [2.45, 2.75) is 46.1 Å². The topological polar surface area (TPSA) is 27.1 Å². The summed E-state index contributed by atoms with van der Waals surface area (Å²) in [5.74, 6) is 0.884. The van der Waals surface area contributed by atoms with Crippen LogP contribution in [0.5, 0.6) is 5.75 Å². The smallest absolute Gasteiger partial charge is 0.157 e. The Kier molecular flexibility index (Phi) is 4.50. The Morgan fingerprint density at radius 1 is 1.43 bits per heavy atom. The molecule has 1 rings (SSSR count). The molecule has 1 heterocycles. The van der Waals surface area contributed by atoms with Crippen LogP contribution in [0.3, 0.4) is 0 Å². The molecular weight excluding hydrogens is 176 g/mol. The molecule has 0 atom stereocenters. The highest BCUT2D eigenvalue weighted by Crippen LogP contribution is 2.12. The Morgan fingerprint density at radius 3 is 2.79 bits per heavy atom. The largest absolute Gasteiger partial charge is 0.490 e. The molecule has 3 nitrogen and oxygen atoms in total. The Morgan fingerprint density at radius 2 is 2.21 bits per heavy atom. The average molecular weight is 196 g/mol. The molecule has 0 spiro atoms. The van der Waals surface area contributed by atoms with Crippen LogP contribution in [0.4, 0.5) is 0 Å². The molecule has 0 aliphatic rings. The van der Waals surface area contributed by atoms with E-state index in [0.717, 1.165) is 18.8 Å². The van der Waals surface area contributed by atoms with Crippen LogP contribution >= 0.6 is 0 Å². The van der Waals surface area contributed by atoms with E-state index in [2.05, 4.69) is 25.9 Å². The Bertz CT molecular complexity index is 256. The molecule has 0 saturated carbocycles. The highest BCUT2D eigenvalue weighted by molar-refractivity contribution is 5.11. The monoisotopic (exact) mass is 196 g/mol. The zero-order valence-electron chi connectivity index (χ0n) is 9.36. The van der Waals surface area contributed by atoms with Crippen molar-refractivity contribution in [1.82, 2.24) is 9.78 Å². The van der Waals surface area contributed by atoms with Crippen LogP contribution in [0.15, 0.2) is 12.4 Å². The normalized spacial score (nSPS) is 10.9. The molecule has 14 heavy (non-hydrogen) atoms. The number of ether oxygens (including phenoxy) is 1. The molecule has 0 aliphatic carbocycles. The first-order valence-electron chi connectivity index (χ1n) is 5.41. The Hall–Kier alpha value is -0.990. The standard InChI is InChI=1S/C11H20N2O/c1-4-5-6-7-14-11-8-12-13(9-11)10(2)3/h8-10H,4-7H2,1-3H3.